The molecule has 2 aromatic rings. The van der Waals surface area contributed by atoms with E-state index in [9.17, 15) is 22.8 Å². The largest absolute Gasteiger partial charge is 0.513 e. The third-order valence-corrected chi connectivity index (χ3v) is 4.54. The molecule has 2 heterocycles. The van der Waals surface area contributed by atoms with E-state index in [1.165, 1.54) is 30.5 Å². The van der Waals surface area contributed by atoms with Crippen LogP contribution in [-0.4, -0.2) is 30.1 Å². The number of halogens is 3. The topological polar surface area (TPSA) is 86.8 Å². The zero-order chi connectivity index (χ0) is 23.5. The van der Waals surface area contributed by atoms with Crippen molar-refractivity contribution in [1.29, 1.82) is 0 Å². The van der Waals surface area contributed by atoms with Gasteiger partial charge in [0.15, 0.2) is 12.0 Å². The Hall–Kier alpha value is -3.56. The lowest BCUT2D eigenvalue weighted by Crippen LogP contribution is -2.26. The number of carbonyl (C=O) groups excluding carboxylic acids is 2. The van der Waals surface area contributed by atoms with Gasteiger partial charge in [-0.1, -0.05) is 18.2 Å². The second kappa shape index (κ2) is 9.29. The fraction of sp³-hybridized carbons (Fsp3) is 0.318. The first-order chi connectivity index (χ1) is 15.2. The molecule has 0 aliphatic carbocycles. The summed E-state index contributed by atoms with van der Waals surface area (Å²) >= 11 is 0. The van der Waals surface area contributed by atoms with Crippen LogP contribution in [-0.2, 0) is 20.4 Å². The van der Waals surface area contributed by atoms with Crippen LogP contribution >= 0.6 is 0 Å². The molecule has 0 saturated heterocycles. The van der Waals surface area contributed by atoms with Gasteiger partial charge < -0.3 is 19.5 Å². The molecule has 1 unspecified atom stereocenters. The Morgan fingerprint density at radius 1 is 1.25 bits per heavy atom. The minimum absolute atomic E-state index is 0.0282. The highest BCUT2D eigenvalue weighted by molar-refractivity contribution is 5.85. The number of nitrogens with zero attached hydrogens (tertiary/aromatic N) is 1. The van der Waals surface area contributed by atoms with Gasteiger partial charge in [0.2, 0.25) is 5.88 Å². The first kappa shape index (κ1) is 23.1. The first-order valence-electron chi connectivity index (χ1n) is 9.80. The molecule has 1 aromatic carbocycles. The molecule has 0 spiro atoms. The van der Waals surface area contributed by atoms with Crippen molar-refractivity contribution in [3.05, 3.63) is 64.7 Å². The molecule has 1 aliphatic rings. The van der Waals surface area contributed by atoms with E-state index in [2.05, 4.69) is 10.3 Å². The predicted molar refractivity (Wildman–Crippen MR) is 108 cm³/mol. The Balaban J connectivity index is 2.32. The van der Waals surface area contributed by atoms with E-state index in [0.717, 1.165) is 6.07 Å². The molecule has 1 aliphatic heterocycles. The molecule has 0 fully saturated rings. The summed E-state index contributed by atoms with van der Waals surface area (Å²) in [5.74, 6) is -1.62. The average Bonchev–Trinajstić information content (AvgIpc) is 2.72. The normalized spacial score (nSPS) is 15.7. The van der Waals surface area contributed by atoms with Gasteiger partial charge in [0.05, 0.1) is 29.8 Å². The summed E-state index contributed by atoms with van der Waals surface area (Å²) in [6.45, 7) is 4.98. The Morgan fingerprint density at radius 3 is 2.59 bits per heavy atom. The molecule has 32 heavy (non-hydrogen) atoms. The third-order valence-electron chi connectivity index (χ3n) is 4.54. The van der Waals surface area contributed by atoms with Gasteiger partial charge in [-0.05, 0) is 38.5 Å². The number of fused-ring (bicyclic) bond motifs is 1. The van der Waals surface area contributed by atoms with Gasteiger partial charge in [0.1, 0.15) is 5.70 Å². The zero-order valence-corrected chi connectivity index (χ0v) is 17.5. The van der Waals surface area contributed by atoms with E-state index in [0.29, 0.717) is 12.0 Å². The third kappa shape index (κ3) is 4.68. The Morgan fingerprint density at radius 2 is 1.97 bits per heavy atom. The van der Waals surface area contributed by atoms with Crippen molar-refractivity contribution in [1.82, 2.24) is 4.98 Å². The molecule has 1 N–H and O–H groups in total. The first-order valence-corrected chi connectivity index (χ1v) is 9.80. The molecule has 0 radical (unpaired) electrons. The van der Waals surface area contributed by atoms with Crippen molar-refractivity contribution < 1.29 is 37.0 Å². The number of carbonyl (C=O) groups is 2. The standard InChI is InChI=1S/C22H21F3N2O5/c1-4-30-21(29)32-19-16(11-28)27-15-9-10-26-20(31-12(2)3)18(15)17(19)13-7-5-6-8-14(13)22(23,24)25/h5-12,17,27H,4H2,1-3H3. The van der Waals surface area contributed by atoms with E-state index in [1.807, 2.05) is 0 Å². The summed E-state index contributed by atoms with van der Waals surface area (Å²) in [5, 5.41) is 2.79. The number of aromatic nitrogens is 1. The molecule has 10 heteroatoms. The molecule has 1 atom stereocenters. The number of aldehydes is 1. The summed E-state index contributed by atoms with van der Waals surface area (Å²) in [6.07, 6.45) is -4.45. The fourth-order valence-electron chi connectivity index (χ4n) is 3.39. The Labute approximate surface area is 182 Å². The second-order valence-corrected chi connectivity index (χ2v) is 7.07. The van der Waals surface area contributed by atoms with E-state index >= 15 is 0 Å². The molecule has 0 bridgehead atoms. The highest BCUT2D eigenvalue weighted by Crippen LogP contribution is 2.48. The van der Waals surface area contributed by atoms with Gasteiger partial charge in [-0.15, -0.1) is 0 Å². The molecule has 170 valence electrons. The number of nitrogens with one attached hydrogen (secondary N) is 1. The Kier molecular flexibility index (Phi) is 6.71. The molecular formula is C22H21F3N2O5. The van der Waals surface area contributed by atoms with Crippen LogP contribution in [0.4, 0.5) is 23.7 Å². The van der Waals surface area contributed by atoms with Crippen LogP contribution in [0.3, 0.4) is 0 Å². The number of alkyl halides is 3. The zero-order valence-electron chi connectivity index (χ0n) is 17.5. The van der Waals surface area contributed by atoms with E-state index in [-0.39, 0.29) is 41.2 Å². The lowest BCUT2D eigenvalue weighted by molar-refractivity contribution is -0.138. The van der Waals surface area contributed by atoms with Gasteiger partial charge in [-0.2, -0.15) is 13.2 Å². The highest BCUT2D eigenvalue weighted by atomic mass is 19.4. The second-order valence-electron chi connectivity index (χ2n) is 7.07. The van der Waals surface area contributed by atoms with E-state index in [1.54, 1.807) is 20.8 Å². The summed E-state index contributed by atoms with van der Waals surface area (Å²) < 4.78 is 57.5. The predicted octanol–water partition coefficient (Wildman–Crippen LogP) is 5.03. The van der Waals surface area contributed by atoms with Crippen molar-refractivity contribution in [2.45, 2.75) is 39.0 Å². The maximum Gasteiger partial charge on any atom is 0.513 e. The van der Waals surface area contributed by atoms with Crippen molar-refractivity contribution in [2.24, 2.45) is 0 Å². The van der Waals surface area contributed by atoms with Crippen molar-refractivity contribution in [3.63, 3.8) is 0 Å². The quantitative estimate of drug-likeness (QED) is 0.488. The SMILES string of the molecule is CCOC(=O)OC1=C(C=O)Nc2ccnc(OC(C)C)c2C1c1ccccc1C(F)(F)F. The number of hydrogen-bond donors (Lipinski definition) is 1. The summed E-state index contributed by atoms with van der Waals surface area (Å²) in [7, 11) is 0. The monoisotopic (exact) mass is 450 g/mol. The number of pyridine rings is 1. The number of hydrogen-bond acceptors (Lipinski definition) is 7. The lowest BCUT2D eigenvalue weighted by atomic mass is 9.83. The summed E-state index contributed by atoms with van der Waals surface area (Å²) in [4.78, 5) is 28.1. The molecule has 3 rings (SSSR count). The van der Waals surface area contributed by atoms with Gasteiger partial charge >= 0.3 is 12.3 Å². The van der Waals surface area contributed by atoms with Crippen LogP contribution in [0.5, 0.6) is 5.88 Å². The smallest absolute Gasteiger partial charge is 0.475 e. The van der Waals surface area contributed by atoms with Gasteiger partial charge in [0, 0.05) is 11.9 Å². The van der Waals surface area contributed by atoms with E-state index < -0.39 is 23.8 Å². The van der Waals surface area contributed by atoms with Crippen LogP contribution in [0.1, 0.15) is 43.4 Å². The van der Waals surface area contributed by atoms with E-state index in [4.69, 9.17) is 14.2 Å². The van der Waals surface area contributed by atoms with Crippen LogP contribution in [0.15, 0.2) is 48.0 Å². The lowest BCUT2D eigenvalue weighted by Gasteiger charge is -2.32. The van der Waals surface area contributed by atoms with Crippen molar-refractivity contribution >= 4 is 18.1 Å². The van der Waals surface area contributed by atoms with Crippen LogP contribution < -0.4 is 10.1 Å². The highest BCUT2D eigenvalue weighted by Gasteiger charge is 2.42. The number of benzene rings is 1. The molecule has 0 amide bonds. The maximum atomic E-state index is 13.9. The van der Waals surface area contributed by atoms with Crippen LogP contribution in [0.2, 0.25) is 0 Å². The summed E-state index contributed by atoms with van der Waals surface area (Å²) in [5.41, 5.74) is -0.900. The molecule has 0 saturated carbocycles. The number of anilines is 1. The average molecular weight is 450 g/mol. The number of rotatable bonds is 6. The number of ether oxygens (including phenoxy) is 3. The Bertz CT molecular complexity index is 1050. The number of allylic oxidation sites excluding steroid dienone is 2. The van der Waals surface area contributed by atoms with Gasteiger partial charge in [0.25, 0.3) is 0 Å². The minimum atomic E-state index is -4.71. The molecule has 7 nitrogen and oxygen atoms in total. The molecule has 1 aromatic heterocycles. The van der Waals surface area contributed by atoms with Crippen molar-refractivity contribution in [2.75, 3.05) is 11.9 Å². The van der Waals surface area contributed by atoms with Gasteiger partial charge in [-0.25, -0.2) is 9.78 Å². The van der Waals surface area contributed by atoms with Gasteiger partial charge in [-0.3, -0.25) is 4.79 Å². The minimum Gasteiger partial charge on any atom is -0.475 e. The summed E-state index contributed by atoms with van der Waals surface area (Å²) in [6, 6.07) is 6.34. The van der Waals surface area contributed by atoms with Crippen LogP contribution in [0, 0.1) is 0 Å². The van der Waals surface area contributed by atoms with Crippen molar-refractivity contribution in [3.8, 4) is 5.88 Å². The van der Waals surface area contributed by atoms with Crippen LogP contribution in [0.25, 0.3) is 0 Å². The fourth-order valence-corrected chi connectivity index (χ4v) is 3.39. The molecular weight excluding hydrogens is 429 g/mol. The maximum absolute atomic E-state index is 13.9.